The van der Waals surface area contributed by atoms with Crippen LogP contribution in [0.15, 0.2) is 18.2 Å². The monoisotopic (exact) mass is 272 g/mol. The largest absolute Gasteiger partial charge is 0.314 e. The molecule has 0 spiro atoms. The Morgan fingerprint density at radius 2 is 2.11 bits per heavy atom. The number of likely N-dealkylation sites (N-methyl/N-ethyl adjacent to an activating group) is 1. The third kappa shape index (κ3) is 5.34. The van der Waals surface area contributed by atoms with Gasteiger partial charge in [0.1, 0.15) is 5.82 Å². The van der Waals surface area contributed by atoms with Crippen molar-refractivity contribution in [2.45, 2.75) is 25.8 Å². The van der Waals surface area contributed by atoms with Gasteiger partial charge in [-0.2, -0.15) is 0 Å². The molecule has 2 nitrogen and oxygen atoms in total. The molecule has 0 fully saturated rings. The molecule has 0 aliphatic carbocycles. The normalized spacial score (nSPS) is 13.0. The summed E-state index contributed by atoms with van der Waals surface area (Å²) in [6, 6.07) is 4.88. The maximum absolute atomic E-state index is 13.2. The molecule has 1 unspecified atom stereocenters. The lowest BCUT2D eigenvalue weighted by Crippen LogP contribution is -2.34. The van der Waals surface area contributed by atoms with E-state index in [2.05, 4.69) is 31.2 Å². The van der Waals surface area contributed by atoms with Crippen molar-refractivity contribution in [2.75, 3.05) is 27.2 Å². The van der Waals surface area contributed by atoms with Gasteiger partial charge in [0.25, 0.3) is 0 Å². The van der Waals surface area contributed by atoms with Crippen molar-refractivity contribution in [2.24, 2.45) is 0 Å². The summed E-state index contributed by atoms with van der Waals surface area (Å²) in [4.78, 5) is 2.15. The Morgan fingerprint density at radius 3 is 2.72 bits per heavy atom. The van der Waals surface area contributed by atoms with Gasteiger partial charge >= 0.3 is 0 Å². The van der Waals surface area contributed by atoms with Crippen LogP contribution in [0.2, 0.25) is 5.02 Å². The van der Waals surface area contributed by atoms with Gasteiger partial charge in [-0.15, -0.1) is 0 Å². The van der Waals surface area contributed by atoms with Crippen LogP contribution in [0.1, 0.15) is 18.9 Å². The topological polar surface area (TPSA) is 15.3 Å². The number of hydrogen-bond donors (Lipinski definition) is 1. The summed E-state index contributed by atoms with van der Waals surface area (Å²) in [5.74, 6) is -0.225. The van der Waals surface area contributed by atoms with E-state index in [1.54, 1.807) is 6.07 Å². The second-order valence-electron chi connectivity index (χ2n) is 4.79. The highest BCUT2D eigenvalue weighted by molar-refractivity contribution is 6.31. The lowest BCUT2D eigenvalue weighted by atomic mass is 10.0. The molecule has 1 aromatic rings. The molecule has 0 saturated heterocycles. The quantitative estimate of drug-likeness (QED) is 0.821. The van der Waals surface area contributed by atoms with E-state index in [0.717, 1.165) is 31.5 Å². The molecule has 0 aliphatic rings. The van der Waals surface area contributed by atoms with Crippen molar-refractivity contribution in [1.29, 1.82) is 0 Å². The summed E-state index contributed by atoms with van der Waals surface area (Å²) in [5, 5.41) is 4.07. The number of halogens is 2. The van der Waals surface area contributed by atoms with Gasteiger partial charge in [0.05, 0.1) is 0 Å². The molecule has 0 bridgehead atoms. The second-order valence-corrected chi connectivity index (χ2v) is 5.19. The molecule has 0 aliphatic heterocycles. The number of rotatable bonds is 7. The Kier molecular flexibility index (Phi) is 6.61. The number of nitrogens with one attached hydrogen (secondary N) is 1. The predicted octanol–water partition coefficient (Wildman–Crippen LogP) is 2.95. The summed E-state index contributed by atoms with van der Waals surface area (Å²) < 4.78 is 13.2. The Morgan fingerprint density at radius 1 is 1.39 bits per heavy atom. The van der Waals surface area contributed by atoms with Crippen molar-refractivity contribution in [3.05, 3.63) is 34.6 Å². The lowest BCUT2D eigenvalue weighted by molar-refractivity contribution is 0.358. The Balaban J connectivity index is 2.66. The van der Waals surface area contributed by atoms with Gasteiger partial charge in [-0.25, -0.2) is 4.39 Å². The van der Waals surface area contributed by atoms with Crippen molar-refractivity contribution in [3.8, 4) is 0 Å². The SMILES string of the molecule is CCNC(CCN(C)C)Cc1cc(F)ccc1Cl. The van der Waals surface area contributed by atoms with Crippen LogP contribution in [0, 0.1) is 5.82 Å². The van der Waals surface area contributed by atoms with Crippen LogP contribution >= 0.6 is 11.6 Å². The molecule has 4 heteroatoms. The molecular weight excluding hydrogens is 251 g/mol. The first-order valence-electron chi connectivity index (χ1n) is 6.35. The average Bonchev–Trinajstić information content (AvgIpc) is 2.31. The third-order valence-corrected chi connectivity index (χ3v) is 3.26. The fraction of sp³-hybridized carbons (Fsp3) is 0.571. The Labute approximate surface area is 114 Å². The van der Waals surface area contributed by atoms with Crippen molar-refractivity contribution in [1.82, 2.24) is 10.2 Å². The first-order valence-corrected chi connectivity index (χ1v) is 6.72. The highest BCUT2D eigenvalue weighted by Gasteiger charge is 2.11. The molecular formula is C14H22ClFN2. The van der Waals surface area contributed by atoms with Crippen LogP contribution < -0.4 is 5.32 Å². The molecule has 0 radical (unpaired) electrons. The maximum atomic E-state index is 13.2. The van der Waals surface area contributed by atoms with E-state index in [4.69, 9.17) is 11.6 Å². The minimum Gasteiger partial charge on any atom is -0.314 e. The van der Waals surface area contributed by atoms with E-state index in [0.29, 0.717) is 11.1 Å². The van der Waals surface area contributed by atoms with Gasteiger partial charge in [0, 0.05) is 11.1 Å². The van der Waals surface area contributed by atoms with E-state index >= 15 is 0 Å². The Bertz CT molecular complexity index is 369. The highest BCUT2D eigenvalue weighted by atomic mass is 35.5. The van der Waals surface area contributed by atoms with E-state index < -0.39 is 0 Å². The smallest absolute Gasteiger partial charge is 0.123 e. The summed E-state index contributed by atoms with van der Waals surface area (Å²) in [6.45, 7) is 3.99. The molecule has 1 atom stereocenters. The van der Waals surface area contributed by atoms with E-state index in [1.165, 1.54) is 12.1 Å². The fourth-order valence-electron chi connectivity index (χ4n) is 1.94. The minimum absolute atomic E-state index is 0.225. The Hall–Kier alpha value is -0.640. The fourth-order valence-corrected chi connectivity index (χ4v) is 2.14. The molecule has 1 aromatic carbocycles. The number of nitrogens with zero attached hydrogens (tertiary/aromatic N) is 1. The standard InChI is InChI=1S/C14H22ClFN2/c1-4-17-13(7-8-18(2)3)10-11-9-12(16)5-6-14(11)15/h5-6,9,13,17H,4,7-8,10H2,1-3H3. The van der Waals surface area contributed by atoms with E-state index in [9.17, 15) is 4.39 Å². The van der Waals surface area contributed by atoms with Crippen molar-refractivity contribution >= 4 is 11.6 Å². The van der Waals surface area contributed by atoms with Crippen LogP contribution in [0.25, 0.3) is 0 Å². The lowest BCUT2D eigenvalue weighted by Gasteiger charge is -2.20. The zero-order valence-corrected chi connectivity index (χ0v) is 12.1. The van der Waals surface area contributed by atoms with Crippen LogP contribution in [-0.2, 0) is 6.42 Å². The maximum Gasteiger partial charge on any atom is 0.123 e. The molecule has 1 N–H and O–H groups in total. The van der Waals surface area contributed by atoms with Gasteiger partial charge in [-0.1, -0.05) is 18.5 Å². The van der Waals surface area contributed by atoms with Crippen LogP contribution in [-0.4, -0.2) is 38.1 Å². The van der Waals surface area contributed by atoms with Crippen molar-refractivity contribution < 1.29 is 4.39 Å². The highest BCUT2D eigenvalue weighted by Crippen LogP contribution is 2.19. The van der Waals surface area contributed by atoms with Gasteiger partial charge in [0.15, 0.2) is 0 Å². The molecule has 18 heavy (non-hydrogen) atoms. The van der Waals surface area contributed by atoms with Gasteiger partial charge < -0.3 is 10.2 Å². The van der Waals surface area contributed by atoms with Crippen LogP contribution in [0.3, 0.4) is 0 Å². The predicted molar refractivity (Wildman–Crippen MR) is 75.7 cm³/mol. The summed E-state index contributed by atoms with van der Waals surface area (Å²) in [5.41, 5.74) is 0.876. The first kappa shape index (κ1) is 15.4. The van der Waals surface area contributed by atoms with Crippen LogP contribution in [0.4, 0.5) is 4.39 Å². The number of hydrogen-bond acceptors (Lipinski definition) is 2. The van der Waals surface area contributed by atoms with Crippen molar-refractivity contribution in [3.63, 3.8) is 0 Å². The zero-order valence-electron chi connectivity index (χ0n) is 11.3. The molecule has 1 rings (SSSR count). The second kappa shape index (κ2) is 7.72. The molecule has 0 aromatic heterocycles. The minimum atomic E-state index is -0.225. The van der Waals surface area contributed by atoms with Gasteiger partial charge in [-0.05, 0) is 63.8 Å². The molecule has 102 valence electrons. The van der Waals surface area contributed by atoms with Gasteiger partial charge in [-0.3, -0.25) is 0 Å². The van der Waals surface area contributed by atoms with Crippen LogP contribution in [0.5, 0.6) is 0 Å². The molecule has 0 saturated carbocycles. The number of benzene rings is 1. The summed E-state index contributed by atoms with van der Waals surface area (Å²) in [7, 11) is 4.11. The van der Waals surface area contributed by atoms with E-state index in [1.807, 2.05) is 0 Å². The molecule has 0 amide bonds. The third-order valence-electron chi connectivity index (χ3n) is 2.89. The zero-order chi connectivity index (χ0) is 13.5. The molecule has 0 heterocycles. The first-order chi connectivity index (χ1) is 8.52. The average molecular weight is 273 g/mol. The summed E-state index contributed by atoms with van der Waals surface area (Å²) in [6.07, 6.45) is 1.78. The summed E-state index contributed by atoms with van der Waals surface area (Å²) >= 11 is 6.10. The van der Waals surface area contributed by atoms with E-state index in [-0.39, 0.29) is 5.82 Å². The van der Waals surface area contributed by atoms with Gasteiger partial charge in [0.2, 0.25) is 0 Å².